The van der Waals surface area contributed by atoms with E-state index in [0.29, 0.717) is 26.3 Å². The van der Waals surface area contributed by atoms with Gasteiger partial charge in [0.05, 0.1) is 24.9 Å². The van der Waals surface area contributed by atoms with Gasteiger partial charge in [-0.2, -0.15) is 0 Å². The molecular weight excluding hydrogens is 311 g/mol. The van der Waals surface area contributed by atoms with Gasteiger partial charge in [0.15, 0.2) is 0 Å². The molecule has 2 aliphatic heterocycles. The Bertz CT molecular complexity index is 569. The van der Waals surface area contributed by atoms with E-state index in [2.05, 4.69) is 5.32 Å². The minimum absolute atomic E-state index is 0.0985. The van der Waals surface area contributed by atoms with E-state index in [1.165, 1.54) is 12.1 Å². The molecule has 6 heteroatoms. The van der Waals surface area contributed by atoms with Gasteiger partial charge in [-0.15, -0.1) is 0 Å². The molecule has 2 fully saturated rings. The number of carbonyl (C=O) groups is 1. The van der Waals surface area contributed by atoms with Crippen molar-refractivity contribution >= 4 is 6.03 Å². The topological polar surface area (TPSA) is 50.8 Å². The second-order valence-corrected chi connectivity index (χ2v) is 6.37. The van der Waals surface area contributed by atoms with Gasteiger partial charge in [0, 0.05) is 19.7 Å². The molecule has 0 aromatic heterocycles. The number of amides is 2. The van der Waals surface area contributed by atoms with E-state index >= 15 is 0 Å². The van der Waals surface area contributed by atoms with Crippen LogP contribution in [0, 0.1) is 5.82 Å². The minimum atomic E-state index is -0.288. The predicted octanol–water partition coefficient (Wildman–Crippen LogP) is 2.69. The average Bonchev–Trinajstić information content (AvgIpc) is 3.01. The normalized spacial score (nSPS) is 26.2. The summed E-state index contributed by atoms with van der Waals surface area (Å²) >= 11 is 0. The lowest BCUT2D eigenvalue weighted by molar-refractivity contribution is -0.0945. The Labute approximate surface area is 142 Å². The van der Waals surface area contributed by atoms with Crippen molar-refractivity contribution in [1.29, 1.82) is 0 Å². The van der Waals surface area contributed by atoms with Gasteiger partial charge in [-0.3, -0.25) is 0 Å². The quantitative estimate of drug-likeness (QED) is 0.899. The van der Waals surface area contributed by atoms with E-state index in [0.717, 1.165) is 24.8 Å². The molecular formula is C18H25FN2O3. The fourth-order valence-electron chi connectivity index (χ4n) is 3.55. The van der Waals surface area contributed by atoms with Crippen molar-refractivity contribution in [2.75, 3.05) is 19.8 Å². The molecule has 0 aliphatic carbocycles. The zero-order valence-corrected chi connectivity index (χ0v) is 14.0. The van der Waals surface area contributed by atoms with Gasteiger partial charge in [-0.05, 0) is 43.9 Å². The second-order valence-electron chi connectivity index (χ2n) is 6.37. The van der Waals surface area contributed by atoms with Gasteiger partial charge in [-0.1, -0.05) is 12.1 Å². The summed E-state index contributed by atoms with van der Waals surface area (Å²) in [5.41, 5.74) is 0.760. The van der Waals surface area contributed by atoms with Crippen molar-refractivity contribution in [3.8, 4) is 0 Å². The standard InChI is InChI=1S/C18H25FN2O3/c1-2-23-12-15-6-7-16-17(24-15)8-9-21(16)18(22)20-11-13-4-3-5-14(19)10-13/h3-5,10,15-17H,2,6-9,11-12H2,1H3,(H,20,22)/t15-,16+,17+/m0/s1. The number of nitrogens with one attached hydrogen (secondary N) is 1. The molecule has 2 heterocycles. The van der Waals surface area contributed by atoms with Crippen molar-refractivity contribution in [2.45, 2.75) is 51.0 Å². The molecule has 0 bridgehead atoms. The highest BCUT2D eigenvalue weighted by Gasteiger charge is 2.41. The number of fused-ring (bicyclic) bond motifs is 1. The van der Waals surface area contributed by atoms with Crippen LogP contribution in [0.15, 0.2) is 24.3 Å². The molecule has 1 aromatic carbocycles. The molecule has 0 radical (unpaired) electrons. The van der Waals surface area contributed by atoms with Crippen LogP contribution in [0.5, 0.6) is 0 Å². The number of hydrogen-bond donors (Lipinski definition) is 1. The van der Waals surface area contributed by atoms with Gasteiger partial charge in [0.1, 0.15) is 5.82 Å². The largest absolute Gasteiger partial charge is 0.379 e. The number of rotatable bonds is 5. The maximum atomic E-state index is 13.2. The number of urea groups is 1. The molecule has 1 aromatic rings. The molecule has 3 rings (SSSR count). The van der Waals surface area contributed by atoms with Gasteiger partial charge < -0.3 is 19.7 Å². The Balaban J connectivity index is 1.50. The lowest BCUT2D eigenvalue weighted by Crippen LogP contribution is -2.48. The van der Waals surface area contributed by atoms with Crippen LogP contribution >= 0.6 is 0 Å². The third-order valence-electron chi connectivity index (χ3n) is 4.74. The first-order valence-electron chi connectivity index (χ1n) is 8.69. The SMILES string of the molecule is CCOC[C@@H]1CC[C@@H]2[C@@H](CCN2C(=O)NCc2cccc(F)c2)O1. The zero-order chi connectivity index (χ0) is 16.9. The number of ether oxygens (including phenoxy) is 2. The summed E-state index contributed by atoms with van der Waals surface area (Å²) in [6, 6.07) is 6.33. The van der Waals surface area contributed by atoms with E-state index in [4.69, 9.17) is 9.47 Å². The van der Waals surface area contributed by atoms with Crippen LogP contribution in [0.3, 0.4) is 0 Å². The summed E-state index contributed by atoms with van der Waals surface area (Å²) in [4.78, 5) is 14.3. The van der Waals surface area contributed by atoms with Crippen LogP contribution in [0.25, 0.3) is 0 Å². The molecule has 2 saturated heterocycles. The third-order valence-corrected chi connectivity index (χ3v) is 4.74. The van der Waals surface area contributed by atoms with E-state index in [1.807, 2.05) is 11.8 Å². The van der Waals surface area contributed by atoms with Crippen LogP contribution in [0.1, 0.15) is 31.7 Å². The van der Waals surface area contributed by atoms with Gasteiger partial charge in [0.2, 0.25) is 0 Å². The lowest BCUT2D eigenvalue weighted by atomic mass is 9.99. The number of benzene rings is 1. The predicted molar refractivity (Wildman–Crippen MR) is 88.1 cm³/mol. The highest BCUT2D eigenvalue weighted by molar-refractivity contribution is 5.75. The minimum Gasteiger partial charge on any atom is -0.379 e. The first-order chi connectivity index (χ1) is 11.7. The molecule has 0 spiro atoms. The van der Waals surface area contributed by atoms with E-state index in [9.17, 15) is 9.18 Å². The fraction of sp³-hybridized carbons (Fsp3) is 0.611. The van der Waals surface area contributed by atoms with E-state index in [-0.39, 0.29) is 30.1 Å². The van der Waals surface area contributed by atoms with Crippen LogP contribution in [0.4, 0.5) is 9.18 Å². The van der Waals surface area contributed by atoms with Gasteiger partial charge in [0.25, 0.3) is 0 Å². The molecule has 0 unspecified atom stereocenters. The molecule has 24 heavy (non-hydrogen) atoms. The molecule has 0 saturated carbocycles. The van der Waals surface area contributed by atoms with Crippen molar-refractivity contribution in [3.05, 3.63) is 35.6 Å². The third kappa shape index (κ3) is 4.05. The number of nitrogens with zero attached hydrogens (tertiary/aromatic N) is 1. The number of halogens is 1. The molecule has 3 atom stereocenters. The molecule has 2 aliphatic rings. The Morgan fingerprint density at radius 2 is 2.29 bits per heavy atom. The molecule has 1 N–H and O–H groups in total. The maximum absolute atomic E-state index is 13.2. The summed E-state index contributed by atoms with van der Waals surface area (Å²) < 4.78 is 24.7. The van der Waals surface area contributed by atoms with Gasteiger partial charge >= 0.3 is 6.03 Å². The molecule has 2 amide bonds. The highest BCUT2D eigenvalue weighted by Crippen LogP contribution is 2.31. The molecule has 5 nitrogen and oxygen atoms in total. The zero-order valence-electron chi connectivity index (χ0n) is 14.0. The Hall–Kier alpha value is -1.66. The summed E-state index contributed by atoms with van der Waals surface area (Å²) in [7, 11) is 0. The first-order valence-corrected chi connectivity index (χ1v) is 8.69. The number of likely N-dealkylation sites (tertiary alicyclic amines) is 1. The van der Waals surface area contributed by atoms with Crippen molar-refractivity contribution in [2.24, 2.45) is 0 Å². The number of carbonyl (C=O) groups excluding carboxylic acids is 1. The summed E-state index contributed by atoms with van der Waals surface area (Å²) in [5, 5.41) is 2.89. The lowest BCUT2D eigenvalue weighted by Gasteiger charge is -2.35. The van der Waals surface area contributed by atoms with E-state index in [1.54, 1.807) is 12.1 Å². The van der Waals surface area contributed by atoms with E-state index < -0.39 is 0 Å². The Kier molecular flexibility index (Phi) is 5.68. The van der Waals surface area contributed by atoms with Crippen LogP contribution in [0.2, 0.25) is 0 Å². The summed E-state index contributed by atoms with van der Waals surface area (Å²) in [5.74, 6) is -0.288. The smallest absolute Gasteiger partial charge is 0.318 e. The van der Waals surface area contributed by atoms with Crippen LogP contribution in [-0.4, -0.2) is 48.9 Å². The van der Waals surface area contributed by atoms with Crippen molar-refractivity contribution in [3.63, 3.8) is 0 Å². The first kappa shape index (κ1) is 17.2. The molecule has 132 valence electrons. The second kappa shape index (κ2) is 7.94. The highest BCUT2D eigenvalue weighted by atomic mass is 19.1. The number of hydrogen-bond acceptors (Lipinski definition) is 3. The Morgan fingerprint density at radius 1 is 1.42 bits per heavy atom. The van der Waals surface area contributed by atoms with Crippen LogP contribution < -0.4 is 5.32 Å². The van der Waals surface area contributed by atoms with Crippen molar-refractivity contribution in [1.82, 2.24) is 10.2 Å². The van der Waals surface area contributed by atoms with Gasteiger partial charge in [-0.25, -0.2) is 9.18 Å². The van der Waals surface area contributed by atoms with Crippen LogP contribution in [-0.2, 0) is 16.0 Å². The summed E-state index contributed by atoms with van der Waals surface area (Å²) in [6.45, 7) is 4.34. The average molecular weight is 336 g/mol. The van der Waals surface area contributed by atoms with Crippen molar-refractivity contribution < 1.29 is 18.7 Å². The Morgan fingerprint density at radius 3 is 3.08 bits per heavy atom. The maximum Gasteiger partial charge on any atom is 0.318 e. The summed E-state index contributed by atoms with van der Waals surface area (Å²) in [6.07, 6.45) is 2.95. The monoisotopic (exact) mass is 336 g/mol. The fourth-order valence-corrected chi connectivity index (χ4v) is 3.55.